The molecule has 1 aliphatic heterocycles. The lowest BCUT2D eigenvalue weighted by Gasteiger charge is -2.35. The van der Waals surface area contributed by atoms with Crippen molar-refractivity contribution in [2.75, 3.05) is 16.8 Å². The molecule has 0 spiro atoms. The summed E-state index contributed by atoms with van der Waals surface area (Å²) < 4.78 is 27.0. The van der Waals surface area contributed by atoms with Gasteiger partial charge in [0.2, 0.25) is 5.91 Å². The van der Waals surface area contributed by atoms with E-state index in [0.717, 1.165) is 37.8 Å². The van der Waals surface area contributed by atoms with Crippen molar-refractivity contribution in [3.8, 4) is 0 Å². The number of anilines is 2. The molecule has 1 unspecified atom stereocenters. The maximum atomic E-state index is 13.5. The normalized spacial score (nSPS) is 17.4. The Kier molecular flexibility index (Phi) is 5.75. The number of nitrogens with zero attached hydrogens (tertiary/aromatic N) is 1. The Morgan fingerprint density at radius 2 is 1.77 bits per heavy atom. The van der Waals surface area contributed by atoms with Gasteiger partial charge in [0.05, 0.1) is 11.4 Å². The third kappa shape index (κ3) is 3.57. The van der Waals surface area contributed by atoms with Crippen LogP contribution in [0.4, 0.5) is 20.2 Å². The summed E-state index contributed by atoms with van der Waals surface area (Å²) in [5.41, 5.74) is 0.947. The quantitative estimate of drug-likeness (QED) is 0.753. The fourth-order valence-corrected chi connectivity index (χ4v) is 2.81. The van der Waals surface area contributed by atoms with Gasteiger partial charge >= 0.3 is 0 Å². The number of rotatable bonds is 7. The number of carbonyl (C=O) groups excluding carboxylic acids is 1. The van der Waals surface area contributed by atoms with Crippen LogP contribution >= 0.6 is 0 Å². The summed E-state index contributed by atoms with van der Waals surface area (Å²) in [6.07, 6.45) is 6.02. The van der Waals surface area contributed by atoms with Gasteiger partial charge in [0.15, 0.2) is 11.6 Å². The summed E-state index contributed by atoms with van der Waals surface area (Å²) in [5.74, 6) is -1.87. The first kappa shape index (κ1) is 16.7. The smallest absolute Gasteiger partial charge is 0.249 e. The van der Waals surface area contributed by atoms with Gasteiger partial charge in [0, 0.05) is 18.7 Å². The van der Waals surface area contributed by atoms with Gasteiger partial charge < -0.3 is 10.2 Å². The molecular formula is C17H24F2N2O. The topological polar surface area (TPSA) is 32.3 Å². The minimum Gasteiger partial charge on any atom is -0.372 e. The van der Waals surface area contributed by atoms with Crippen molar-refractivity contribution in [2.24, 2.45) is 0 Å². The monoisotopic (exact) mass is 310 g/mol. The van der Waals surface area contributed by atoms with Crippen LogP contribution in [0.1, 0.15) is 52.4 Å². The van der Waals surface area contributed by atoms with Crippen LogP contribution in [0.3, 0.4) is 0 Å². The molecule has 3 nitrogen and oxygen atoms in total. The molecule has 0 aromatic heterocycles. The number of benzene rings is 1. The van der Waals surface area contributed by atoms with Crippen molar-refractivity contribution in [2.45, 2.75) is 58.4 Å². The number of hydrogen-bond acceptors (Lipinski definition) is 2. The van der Waals surface area contributed by atoms with Crippen molar-refractivity contribution in [3.63, 3.8) is 0 Å². The Hall–Kier alpha value is -1.65. The second-order valence-corrected chi connectivity index (χ2v) is 5.79. The van der Waals surface area contributed by atoms with Crippen LogP contribution in [-0.2, 0) is 4.79 Å². The number of unbranched alkanes of at least 4 members (excludes halogenated alkanes) is 4. The van der Waals surface area contributed by atoms with Crippen LogP contribution in [0, 0.1) is 11.6 Å². The van der Waals surface area contributed by atoms with Gasteiger partial charge in [-0.2, -0.15) is 0 Å². The maximum absolute atomic E-state index is 13.5. The number of carbonyl (C=O) groups is 1. The van der Waals surface area contributed by atoms with Gasteiger partial charge in [0.1, 0.15) is 6.04 Å². The zero-order valence-corrected chi connectivity index (χ0v) is 13.3. The van der Waals surface area contributed by atoms with Gasteiger partial charge in [0.25, 0.3) is 0 Å². The summed E-state index contributed by atoms with van der Waals surface area (Å²) in [5, 5.41) is 3.01. The Balaban J connectivity index is 2.16. The average molecular weight is 310 g/mol. The molecule has 0 saturated carbocycles. The van der Waals surface area contributed by atoms with E-state index in [2.05, 4.69) is 12.2 Å². The van der Waals surface area contributed by atoms with E-state index in [-0.39, 0.29) is 11.9 Å². The molecule has 1 amide bonds. The zero-order chi connectivity index (χ0) is 16.1. The van der Waals surface area contributed by atoms with Gasteiger partial charge in [-0.25, -0.2) is 8.78 Å². The molecule has 1 aliphatic rings. The first-order valence-corrected chi connectivity index (χ1v) is 8.15. The highest BCUT2D eigenvalue weighted by atomic mass is 19.2. The summed E-state index contributed by atoms with van der Waals surface area (Å²) in [6.45, 7) is 4.61. The fraction of sp³-hybridized carbons (Fsp3) is 0.588. The SMILES string of the molecule is CCCCCCCN1C(=O)C(CC)Nc2cc(F)c(F)cc21. The molecule has 0 fully saturated rings. The highest BCUT2D eigenvalue weighted by Crippen LogP contribution is 2.34. The number of hydrogen-bond donors (Lipinski definition) is 1. The molecule has 5 heteroatoms. The average Bonchev–Trinajstić information content (AvgIpc) is 2.50. The second kappa shape index (κ2) is 7.56. The van der Waals surface area contributed by atoms with E-state index in [9.17, 15) is 13.6 Å². The maximum Gasteiger partial charge on any atom is 0.249 e. The molecule has 1 N–H and O–H groups in total. The van der Waals surface area contributed by atoms with E-state index in [0.29, 0.717) is 24.3 Å². The molecule has 2 rings (SSSR count). The van der Waals surface area contributed by atoms with Crippen molar-refractivity contribution in [1.29, 1.82) is 0 Å². The highest BCUT2D eigenvalue weighted by Gasteiger charge is 2.32. The van der Waals surface area contributed by atoms with Crippen molar-refractivity contribution in [1.82, 2.24) is 0 Å². The van der Waals surface area contributed by atoms with E-state index in [1.165, 1.54) is 6.42 Å². The molecule has 0 aliphatic carbocycles. The van der Waals surface area contributed by atoms with Crippen molar-refractivity contribution in [3.05, 3.63) is 23.8 Å². The molecule has 1 aromatic carbocycles. The lowest BCUT2D eigenvalue weighted by atomic mass is 10.1. The Labute approximate surface area is 130 Å². The third-order valence-electron chi connectivity index (χ3n) is 4.12. The summed E-state index contributed by atoms with van der Waals surface area (Å²) in [7, 11) is 0. The van der Waals surface area contributed by atoms with Crippen molar-refractivity contribution < 1.29 is 13.6 Å². The summed E-state index contributed by atoms with van der Waals surface area (Å²) >= 11 is 0. The van der Waals surface area contributed by atoms with Crippen LogP contribution in [0.5, 0.6) is 0 Å². The third-order valence-corrected chi connectivity index (χ3v) is 4.12. The molecule has 1 heterocycles. The van der Waals surface area contributed by atoms with E-state index in [1.807, 2.05) is 6.92 Å². The second-order valence-electron chi connectivity index (χ2n) is 5.79. The minimum atomic E-state index is -0.917. The van der Waals surface area contributed by atoms with Gasteiger partial charge in [-0.1, -0.05) is 39.5 Å². The van der Waals surface area contributed by atoms with Crippen LogP contribution in [0.25, 0.3) is 0 Å². The van der Waals surface area contributed by atoms with E-state index in [1.54, 1.807) is 4.90 Å². The Bertz CT molecular complexity index is 534. The molecule has 1 atom stereocenters. The van der Waals surface area contributed by atoms with Crippen LogP contribution in [-0.4, -0.2) is 18.5 Å². The molecular weight excluding hydrogens is 286 g/mol. The molecule has 1 aromatic rings. The predicted molar refractivity (Wildman–Crippen MR) is 85.2 cm³/mol. The van der Waals surface area contributed by atoms with Crippen LogP contribution < -0.4 is 10.2 Å². The number of nitrogens with one attached hydrogen (secondary N) is 1. The largest absolute Gasteiger partial charge is 0.372 e. The molecule has 0 bridgehead atoms. The summed E-state index contributed by atoms with van der Waals surface area (Å²) in [6, 6.07) is 1.89. The molecule has 0 radical (unpaired) electrons. The Morgan fingerprint density at radius 1 is 1.09 bits per heavy atom. The van der Waals surface area contributed by atoms with Crippen LogP contribution in [0.2, 0.25) is 0 Å². The summed E-state index contributed by atoms with van der Waals surface area (Å²) in [4.78, 5) is 14.1. The molecule has 0 saturated heterocycles. The predicted octanol–water partition coefficient (Wildman–Crippen LogP) is 4.47. The number of halogens is 2. The molecule has 122 valence electrons. The first-order chi connectivity index (χ1) is 10.6. The van der Waals surface area contributed by atoms with E-state index < -0.39 is 11.6 Å². The number of amides is 1. The van der Waals surface area contributed by atoms with Crippen LogP contribution in [0.15, 0.2) is 12.1 Å². The zero-order valence-electron chi connectivity index (χ0n) is 13.3. The van der Waals surface area contributed by atoms with Gasteiger partial charge in [-0.05, 0) is 12.8 Å². The minimum absolute atomic E-state index is 0.0588. The molecule has 22 heavy (non-hydrogen) atoms. The number of fused-ring (bicyclic) bond motifs is 1. The van der Waals surface area contributed by atoms with Gasteiger partial charge in [-0.15, -0.1) is 0 Å². The van der Waals surface area contributed by atoms with Gasteiger partial charge in [-0.3, -0.25) is 4.79 Å². The standard InChI is InChI=1S/C17H24F2N2O/c1-3-5-6-7-8-9-21-16-11-13(19)12(18)10-15(16)20-14(4-2)17(21)22/h10-11,14,20H,3-9H2,1-2H3. The van der Waals surface area contributed by atoms with E-state index in [4.69, 9.17) is 0 Å². The fourth-order valence-electron chi connectivity index (χ4n) is 2.81. The highest BCUT2D eigenvalue weighted by molar-refractivity contribution is 6.04. The van der Waals surface area contributed by atoms with Crippen molar-refractivity contribution >= 4 is 17.3 Å². The van der Waals surface area contributed by atoms with E-state index >= 15 is 0 Å². The lowest BCUT2D eigenvalue weighted by molar-refractivity contribution is -0.119. The first-order valence-electron chi connectivity index (χ1n) is 8.15. The Morgan fingerprint density at radius 3 is 2.45 bits per heavy atom. The lowest BCUT2D eigenvalue weighted by Crippen LogP contribution is -2.47.